The molecule has 1 unspecified atom stereocenters. The molecule has 0 aliphatic heterocycles. The van der Waals surface area contributed by atoms with Crippen molar-refractivity contribution in [3.8, 4) is 5.75 Å². The van der Waals surface area contributed by atoms with Gasteiger partial charge in [0.15, 0.2) is 6.10 Å². The van der Waals surface area contributed by atoms with E-state index in [1.807, 2.05) is 26.0 Å². The van der Waals surface area contributed by atoms with Crippen molar-refractivity contribution in [1.82, 2.24) is 0 Å². The zero-order valence-corrected chi connectivity index (χ0v) is 16.0. The summed E-state index contributed by atoms with van der Waals surface area (Å²) in [5, 5.41) is 3.79. The number of hydrogen-bond acceptors (Lipinski definition) is 2. The van der Waals surface area contributed by atoms with Crippen molar-refractivity contribution in [3.05, 3.63) is 56.0 Å². The fourth-order valence-corrected chi connectivity index (χ4v) is 3.29. The normalized spacial score (nSPS) is 11.9. The maximum atomic E-state index is 12.4. The molecule has 2 aromatic carbocycles. The first-order valence-electron chi connectivity index (χ1n) is 6.97. The van der Waals surface area contributed by atoms with E-state index in [4.69, 9.17) is 27.9 Å². The molecule has 6 heteroatoms. The van der Waals surface area contributed by atoms with Crippen LogP contribution in [0.4, 0.5) is 5.69 Å². The number of halogens is 3. The summed E-state index contributed by atoms with van der Waals surface area (Å²) in [5.41, 5.74) is 2.74. The van der Waals surface area contributed by atoms with E-state index in [1.165, 1.54) is 0 Å². The lowest BCUT2D eigenvalue weighted by Crippen LogP contribution is -2.30. The first kappa shape index (κ1) is 18.1. The van der Waals surface area contributed by atoms with Crippen LogP contribution in [0.1, 0.15) is 18.1 Å². The maximum absolute atomic E-state index is 12.4. The molecule has 1 N–H and O–H groups in total. The van der Waals surface area contributed by atoms with Crippen LogP contribution in [0.25, 0.3) is 0 Å². The molecule has 2 rings (SSSR count). The second-order valence-electron chi connectivity index (χ2n) is 5.24. The SMILES string of the molecule is Cc1cc(Br)cc(C)c1NC(=O)C(C)Oc1ccc(Cl)cc1Cl. The van der Waals surface area contributed by atoms with Crippen molar-refractivity contribution < 1.29 is 9.53 Å². The lowest BCUT2D eigenvalue weighted by atomic mass is 10.1. The minimum absolute atomic E-state index is 0.246. The molecule has 1 atom stereocenters. The molecule has 122 valence electrons. The van der Waals surface area contributed by atoms with Gasteiger partial charge in [-0.25, -0.2) is 0 Å². The molecule has 0 fully saturated rings. The molecular weight excluding hydrogens is 401 g/mol. The van der Waals surface area contributed by atoms with Gasteiger partial charge >= 0.3 is 0 Å². The van der Waals surface area contributed by atoms with Crippen LogP contribution >= 0.6 is 39.1 Å². The van der Waals surface area contributed by atoms with Crippen LogP contribution in [0.2, 0.25) is 10.0 Å². The Labute approximate surface area is 154 Å². The number of carbonyl (C=O) groups is 1. The molecule has 0 bridgehead atoms. The Morgan fingerprint density at radius 2 is 1.78 bits per heavy atom. The van der Waals surface area contributed by atoms with Crippen LogP contribution in [0.15, 0.2) is 34.8 Å². The Morgan fingerprint density at radius 3 is 2.35 bits per heavy atom. The van der Waals surface area contributed by atoms with Crippen molar-refractivity contribution in [3.63, 3.8) is 0 Å². The lowest BCUT2D eigenvalue weighted by molar-refractivity contribution is -0.122. The van der Waals surface area contributed by atoms with Gasteiger partial charge in [-0.15, -0.1) is 0 Å². The fraction of sp³-hybridized carbons (Fsp3) is 0.235. The van der Waals surface area contributed by atoms with Gasteiger partial charge in [-0.2, -0.15) is 0 Å². The molecule has 1 amide bonds. The lowest BCUT2D eigenvalue weighted by Gasteiger charge is -2.18. The van der Waals surface area contributed by atoms with Gasteiger partial charge in [0.25, 0.3) is 5.91 Å². The maximum Gasteiger partial charge on any atom is 0.265 e. The van der Waals surface area contributed by atoms with E-state index in [0.29, 0.717) is 15.8 Å². The highest BCUT2D eigenvalue weighted by Gasteiger charge is 2.18. The average Bonchev–Trinajstić information content (AvgIpc) is 2.45. The van der Waals surface area contributed by atoms with E-state index >= 15 is 0 Å². The Morgan fingerprint density at radius 1 is 1.17 bits per heavy atom. The second-order valence-corrected chi connectivity index (χ2v) is 7.00. The molecule has 2 aromatic rings. The summed E-state index contributed by atoms with van der Waals surface area (Å²) in [6.07, 6.45) is -0.698. The molecule has 0 heterocycles. The Balaban J connectivity index is 2.11. The van der Waals surface area contributed by atoms with Gasteiger partial charge in [0, 0.05) is 15.2 Å². The summed E-state index contributed by atoms with van der Waals surface area (Å²) in [6.45, 7) is 5.55. The van der Waals surface area contributed by atoms with E-state index in [1.54, 1.807) is 25.1 Å². The summed E-state index contributed by atoms with van der Waals surface area (Å²) in [6, 6.07) is 8.78. The van der Waals surface area contributed by atoms with Crippen LogP contribution in [0.5, 0.6) is 5.75 Å². The van der Waals surface area contributed by atoms with E-state index in [9.17, 15) is 4.79 Å². The number of rotatable bonds is 4. The topological polar surface area (TPSA) is 38.3 Å². The van der Waals surface area contributed by atoms with Crippen LogP contribution in [-0.2, 0) is 4.79 Å². The van der Waals surface area contributed by atoms with Crippen molar-refractivity contribution >= 4 is 50.7 Å². The van der Waals surface area contributed by atoms with E-state index in [-0.39, 0.29) is 5.91 Å². The van der Waals surface area contributed by atoms with Crippen molar-refractivity contribution in [2.75, 3.05) is 5.32 Å². The van der Waals surface area contributed by atoms with E-state index < -0.39 is 6.10 Å². The van der Waals surface area contributed by atoms with Gasteiger partial charge in [-0.3, -0.25) is 4.79 Å². The fourth-order valence-electron chi connectivity index (χ4n) is 2.15. The highest BCUT2D eigenvalue weighted by Crippen LogP contribution is 2.29. The number of anilines is 1. The first-order chi connectivity index (χ1) is 10.8. The Kier molecular flexibility index (Phi) is 5.95. The summed E-state index contributed by atoms with van der Waals surface area (Å²) in [4.78, 5) is 12.4. The van der Waals surface area contributed by atoms with Crippen LogP contribution in [0.3, 0.4) is 0 Å². The van der Waals surface area contributed by atoms with E-state index in [2.05, 4.69) is 21.2 Å². The molecular formula is C17H16BrCl2NO2. The smallest absolute Gasteiger partial charge is 0.265 e. The summed E-state index contributed by atoms with van der Waals surface area (Å²) in [5.74, 6) is 0.174. The molecule has 0 saturated heterocycles. The third-order valence-corrected chi connectivity index (χ3v) is 4.30. The standard InChI is InChI=1S/C17H16BrCl2NO2/c1-9-6-12(18)7-10(2)16(9)21-17(22)11(3)23-15-5-4-13(19)8-14(15)20/h4-8,11H,1-3H3,(H,21,22). The Hall–Kier alpha value is -1.23. The highest BCUT2D eigenvalue weighted by molar-refractivity contribution is 9.10. The molecule has 0 aromatic heterocycles. The van der Waals surface area contributed by atoms with Gasteiger partial charge in [0.1, 0.15) is 5.75 Å². The van der Waals surface area contributed by atoms with Gasteiger partial charge < -0.3 is 10.1 Å². The second kappa shape index (κ2) is 7.56. The molecule has 23 heavy (non-hydrogen) atoms. The number of nitrogens with one attached hydrogen (secondary N) is 1. The molecule has 3 nitrogen and oxygen atoms in total. The quantitative estimate of drug-likeness (QED) is 0.685. The van der Waals surface area contributed by atoms with Gasteiger partial charge in [-0.1, -0.05) is 39.1 Å². The van der Waals surface area contributed by atoms with Crippen LogP contribution in [0, 0.1) is 13.8 Å². The van der Waals surface area contributed by atoms with Crippen LogP contribution < -0.4 is 10.1 Å². The minimum Gasteiger partial charge on any atom is -0.479 e. The van der Waals surface area contributed by atoms with Gasteiger partial charge in [0.2, 0.25) is 0 Å². The summed E-state index contributed by atoms with van der Waals surface area (Å²) in [7, 11) is 0. The number of hydrogen-bond donors (Lipinski definition) is 1. The highest BCUT2D eigenvalue weighted by atomic mass is 79.9. The number of aryl methyl sites for hydroxylation is 2. The van der Waals surface area contributed by atoms with Crippen molar-refractivity contribution in [1.29, 1.82) is 0 Å². The third kappa shape index (κ3) is 4.63. The molecule has 0 aliphatic carbocycles. The average molecular weight is 417 g/mol. The predicted molar refractivity (Wildman–Crippen MR) is 98.8 cm³/mol. The molecule has 0 aliphatic rings. The first-order valence-corrected chi connectivity index (χ1v) is 8.52. The number of amides is 1. The van der Waals surface area contributed by atoms with E-state index in [0.717, 1.165) is 21.3 Å². The molecule has 0 radical (unpaired) electrons. The summed E-state index contributed by atoms with van der Waals surface area (Å²) >= 11 is 15.3. The zero-order chi connectivity index (χ0) is 17.1. The Bertz CT molecular complexity index is 726. The molecule has 0 saturated carbocycles. The summed E-state index contributed by atoms with van der Waals surface area (Å²) < 4.78 is 6.60. The van der Waals surface area contributed by atoms with Crippen LogP contribution in [-0.4, -0.2) is 12.0 Å². The molecule has 0 spiro atoms. The number of carbonyl (C=O) groups excluding carboxylic acids is 1. The number of benzene rings is 2. The largest absolute Gasteiger partial charge is 0.479 e. The minimum atomic E-state index is -0.698. The van der Waals surface area contributed by atoms with Gasteiger partial charge in [-0.05, 0) is 62.2 Å². The van der Waals surface area contributed by atoms with Crippen molar-refractivity contribution in [2.45, 2.75) is 26.9 Å². The monoisotopic (exact) mass is 415 g/mol. The predicted octanol–water partition coefficient (Wildman–Crippen LogP) is 5.78. The van der Waals surface area contributed by atoms with Gasteiger partial charge in [0.05, 0.1) is 5.02 Å². The zero-order valence-electron chi connectivity index (χ0n) is 12.9. The van der Waals surface area contributed by atoms with Crippen molar-refractivity contribution in [2.24, 2.45) is 0 Å². The third-order valence-electron chi connectivity index (χ3n) is 3.31. The number of ether oxygens (including phenoxy) is 1.